The van der Waals surface area contributed by atoms with Crippen LogP contribution in [0.5, 0.6) is 0 Å². The average Bonchev–Trinajstić information content (AvgIpc) is 3.46. The number of hydrogen-bond acceptors (Lipinski definition) is 4. The molecule has 1 aliphatic heterocycles. The molecule has 1 aromatic carbocycles. The van der Waals surface area contributed by atoms with Gasteiger partial charge < -0.3 is 10.6 Å². The Kier molecular flexibility index (Phi) is 7.50. The van der Waals surface area contributed by atoms with Crippen molar-refractivity contribution < 1.29 is 0 Å². The van der Waals surface area contributed by atoms with Crippen molar-refractivity contribution in [2.24, 2.45) is 4.99 Å². The zero-order valence-electron chi connectivity index (χ0n) is 18.4. The summed E-state index contributed by atoms with van der Waals surface area (Å²) in [6.45, 7) is 7.97. The largest absolute Gasteiger partial charge is 0.357 e. The van der Waals surface area contributed by atoms with Gasteiger partial charge in [0.15, 0.2) is 11.6 Å². The van der Waals surface area contributed by atoms with E-state index in [1.807, 2.05) is 28.8 Å². The smallest absolute Gasteiger partial charge is 0.191 e. The van der Waals surface area contributed by atoms with Crippen molar-refractivity contribution in [2.45, 2.75) is 45.7 Å². The normalized spacial score (nSPS) is 14.9. The number of aryl methyl sites for hydroxylation is 1. The van der Waals surface area contributed by atoms with E-state index in [1.54, 1.807) is 0 Å². The van der Waals surface area contributed by atoms with Gasteiger partial charge in [0.1, 0.15) is 5.82 Å². The summed E-state index contributed by atoms with van der Waals surface area (Å²) >= 11 is 0. The predicted octanol–water partition coefficient (Wildman–Crippen LogP) is 3.01. The molecule has 1 aliphatic rings. The fourth-order valence-electron chi connectivity index (χ4n) is 3.98. The van der Waals surface area contributed by atoms with Gasteiger partial charge >= 0.3 is 0 Å². The molecule has 0 amide bonds. The van der Waals surface area contributed by atoms with Crippen LogP contribution < -0.4 is 10.6 Å². The average molecular weight is 420 g/mol. The molecule has 1 fully saturated rings. The Morgan fingerprint density at radius 1 is 1.00 bits per heavy atom. The van der Waals surface area contributed by atoms with Crippen molar-refractivity contribution in [2.75, 3.05) is 26.2 Å². The summed E-state index contributed by atoms with van der Waals surface area (Å²) in [4.78, 5) is 7.28. The first-order chi connectivity index (χ1) is 15.3. The summed E-state index contributed by atoms with van der Waals surface area (Å²) < 4.78 is 2.05. The van der Waals surface area contributed by atoms with Crippen LogP contribution in [0.3, 0.4) is 0 Å². The number of likely N-dealkylation sites (tertiary alicyclic amines) is 1. The molecule has 4 rings (SSSR count). The third kappa shape index (κ3) is 6.04. The van der Waals surface area contributed by atoms with Gasteiger partial charge in [-0.25, -0.2) is 4.99 Å². The van der Waals surface area contributed by atoms with Crippen LogP contribution in [0.1, 0.15) is 43.1 Å². The number of aromatic nitrogens is 3. The highest BCUT2D eigenvalue weighted by Crippen LogP contribution is 2.13. The lowest BCUT2D eigenvalue weighted by Crippen LogP contribution is -2.37. The third-order valence-electron chi connectivity index (χ3n) is 5.65. The SMILES string of the molecule is CCNC(=NCc1ccc(CN2CCCC2)cc1)NCCCc1nnc2ccccn12. The van der Waals surface area contributed by atoms with Crippen molar-refractivity contribution >= 4 is 11.6 Å². The summed E-state index contributed by atoms with van der Waals surface area (Å²) in [5.74, 6) is 1.85. The van der Waals surface area contributed by atoms with Crippen LogP contribution in [-0.4, -0.2) is 51.6 Å². The summed E-state index contributed by atoms with van der Waals surface area (Å²) in [5.41, 5.74) is 3.52. The lowest BCUT2D eigenvalue weighted by Gasteiger charge is -2.14. The van der Waals surface area contributed by atoms with Crippen molar-refractivity contribution in [1.82, 2.24) is 30.1 Å². The monoisotopic (exact) mass is 419 g/mol. The zero-order valence-corrected chi connectivity index (χ0v) is 18.4. The van der Waals surface area contributed by atoms with Crippen LogP contribution in [0.25, 0.3) is 5.65 Å². The van der Waals surface area contributed by atoms with E-state index in [4.69, 9.17) is 4.99 Å². The van der Waals surface area contributed by atoms with E-state index >= 15 is 0 Å². The Balaban J connectivity index is 1.24. The topological polar surface area (TPSA) is 69.8 Å². The highest BCUT2D eigenvalue weighted by molar-refractivity contribution is 5.79. The molecule has 1 saturated heterocycles. The fourth-order valence-corrected chi connectivity index (χ4v) is 3.98. The summed E-state index contributed by atoms with van der Waals surface area (Å²) in [5, 5.41) is 15.3. The number of hydrogen-bond donors (Lipinski definition) is 2. The Hall–Kier alpha value is -2.93. The molecule has 0 atom stereocenters. The first-order valence-corrected chi connectivity index (χ1v) is 11.4. The number of pyridine rings is 1. The molecule has 164 valence electrons. The quantitative estimate of drug-likeness (QED) is 0.317. The molecule has 31 heavy (non-hydrogen) atoms. The highest BCUT2D eigenvalue weighted by atomic mass is 15.2. The minimum absolute atomic E-state index is 0.675. The number of fused-ring (bicyclic) bond motifs is 1. The Morgan fingerprint density at radius 2 is 1.81 bits per heavy atom. The second-order valence-corrected chi connectivity index (χ2v) is 8.07. The van der Waals surface area contributed by atoms with Crippen molar-refractivity contribution in [3.8, 4) is 0 Å². The molecule has 3 heterocycles. The molecule has 0 aliphatic carbocycles. The third-order valence-corrected chi connectivity index (χ3v) is 5.65. The Bertz CT molecular complexity index is 971. The second kappa shape index (κ2) is 10.9. The van der Waals surface area contributed by atoms with Crippen molar-refractivity contribution in [3.05, 3.63) is 65.6 Å². The number of aliphatic imine (C=N–C) groups is 1. The Labute approximate surface area is 184 Å². The van der Waals surface area contributed by atoms with Gasteiger partial charge in [-0.1, -0.05) is 30.3 Å². The molecule has 2 aromatic heterocycles. The summed E-state index contributed by atoms with van der Waals surface area (Å²) in [7, 11) is 0. The summed E-state index contributed by atoms with van der Waals surface area (Å²) in [6, 6.07) is 14.9. The molecule has 7 nitrogen and oxygen atoms in total. The lowest BCUT2D eigenvalue weighted by atomic mass is 10.1. The lowest BCUT2D eigenvalue weighted by molar-refractivity contribution is 0.331. The molecule has 0 radical (unpaired) electrons. The van der Waals surface area contributed by atoms with Gasteiger partial charge in [0.2, 0.25) is 0 Å². The van der Waals surface area contributed by atoms with Gasteiger partial charge in [0.05, 0.1) is 6.54 Å². The predicted molar refractivity (Wildman–Crippen MR) is 125 cm³/mol. The first-order valence-electron chi connectivity index (χ1n) is 11.4. The van der Waals surface area contributed by atoms with Crippen LogP contribution in [0.15, 0.2) is 53.7 Å². The van der Waals surface area contributed by atoms with E-state index < -0.39 is 0 Å². The minimum atomic E-state index is 0.675. The Morgan fingerprint density at radius 3 is 2.61 bits per heavy atom. The molecule has 0 bridgehead atoms. The van der Waals surface area contributed by atoms with Crippen molar-refractivity contribution in [3.63, 3.8) is 0 Å². The molecular weight excluding hydrogens is 386 g/mol. The fraction of sp³-hybridized carbons (Fsp3) is 0.458. The number of nitrogens with one attached hydrogen (secondary N) is 2. The second-order valence-electron chi connectivity index (χ2n) is 8.07. The number of nitrogens with zero attached hydrogens (tertiary/aromatic N) is 5. The van der Waals surface area contributed by atoms with E-state index in [0.717, 1.165) is 49.9 Å². The van der Waals surface area contributed by atoms with Crippen LogP contribution in [0, 0.1) is 0 Å². The highest BCUT2D eigenvalue weighted by Gasteiger charge is 2.11. The van der Waals surface area contributed by atoms with Crippen LogP contribution in [0.4, 0.5) is 0 Å². The molecule has 3 aromatic rings. The first kappa shape index (κ1) is 21.3. The molecule has 2 N–H and O–H groups in total. The maximum Gasteiger partial charge on any atom is 0.191 e. The van der Waals surface area contributed by atoms with Crippen LogP contribution in [-0.2, 0) is 19.5 Å². The van der Waals surface area contributed by atoms with Crippen molar-refractivity contribution in [1.29, 1.82) is 0 Å². The van der Waals surface area contributed by atoms with Gasteiger partial charge in [-0.05, 0) is 62.5 Å². The van der Waals surface area contributed by atoms with E-state index in [0.29, 0.717) is 6.54 Å². The molecule has 0 spiro atoms. The number of guanidine groups is 1. The molecule has 7 heteroatoms. The van der Waals surface area contributed by atoms with Gasteiger partial charge in [-0.3, -0.25) is 9.30 Å². The van der Waals surface area contributed by atoms with Gasteiger partial charge in [0.25, 0.3) is 0 Å². The van der Waals surface area contributed by atoms with Gasteiger partial charge in [0, 0.05) is 32.3 Å². The van der Waals surface area contributed by atoms with E-state index in [-0.39, 0.29) is 0 Å². The maximum absolute atomic E-state index is 4.75. The molecule has 0 unspecified atom stereocenters. The van der Waals surface area contributed by atoms with E-state index in [1.165, 1.54) is 37.1 Å². The van der Waals surface area contributed by atoms with Gasteiger partial charge in [-0.2, -0.15) is 0 Å². The van der Waals surface area contributed by atoms with E-state index in [2.05, 4.69) is 56.9 Å². The number of rotatable bonds is 9. The number of benzene rings is 1. The standard InChI is InChI=1S/C24H33N7/c1-2-25-24(26-14-7-9-23-29-28-22-8-3-4-17-31(22)23)27-18-20-10-12-21(13-11-20)19-30-15-5-6-16-30/h3-4,8,10-13,17H,2,5-7,9,14-16,18-19H2,1H3,(H2,25,26,27). The molecule has 0 saturated carbocycles. The van der Waals surface area contributed by atoms with Gasteiger partial charge in [-0.15, -0.1) is 10.2 Å². The summed E-state index contributed by atoms with van der Waals surface area (Å²) in [6.07, 6.45) is 6.52. The minimum Gasteiger partial charge on any atom is -0.357 e. The maximum atomic E-state index is 4.75. The van der Waals surface area contributed by atoms with Crippen LogP contribution in [0.2, 0.25) is 0 Å². The van der Waals surface area contributed by atoms with E-state index in [9.17, 15) is 0 Å². The molecular formula is C24H33N7. The zero-order chi connectivity index (χ0) is 21.3. The van der Waals surface area contributed by atoms with Crippen LogP contribution >= 0.6 is 0 Å².